The van der Waals surface area contributed by atoms with Crippen LogP contribution in [0.5, 0.6) is 0 Å². The zero-order valence-electron chi connectivity index (χ0n) is 16.2. The Morgan fingerprint density at radius 3 is 2.19 bits per heavy atom. The van der Waals surface area contributed by atoms with E-state index in [0.29, 0.717) is 5.56 Å². The average Bonchev–Trinajstić information content (AvgIpc) is 2.79. The van der Waals surface area contributed by atoms with Crippen LogP contribution >= 0.6 is 27.7 Å². The maximum absolute atomic E-state index is 13.0. The SMILES string of the molecule is O=C(CNC(=O)c1cccc(Br)c1)OCC(=O)N1c2ccccc2Sc2ccccc21. The van der Waals surface area contributed by atoms with Crippen molar-refractivity contribution in [3.63, 3.8) is 0 Å². The van der Waals surface area contributed by atoms with Crippen LogP contribution in [-0.2, 0) is 14.3 Å². The molecular weight excluding hydrogens is 480 g/mol. The highest BCUT2D eigenvalue weighted by Gasteiger charge is 2.28. The first-order valence-corrected chi connectivity index (χ1v) is 11.0. The van der Waals surface area contributed by atoms with Crippen molar-refractivity contribution in [3.8, 4) is 0 Å². The number of nitrogens with one attached hydrogen (secondary N) is 1. The van der Waals surface area contributed by atoms with E-state index in [1.807, 2.05) is 48.5 Å². The molecule has 0 radical (unpaired) electrons. The molecule has 2 amide bonds. The molecule has 0 aromatic heterocycles. The number of amides is 2. The lowest BCUT2D eigenvalue weighted by molar-refractivity contribution is -0.146. The van der Waals surface area contributed by atoms with E-state index in [2.05, 4.69) is 21.2 Å². The highest BCUT2D eigenvalue weighted by Crippen LogP contribution is 2.47. The highest BCUT2D eigenvalue weighted by molar-refractivity contribution is 9.10. The molecule has 1 aliphatic heterocycles. The van der Waals surface area contributed by atoms with Crippen LogP contribution in [0.2, 0.25) is 0 Å². The van der Waals surface area contributed by atoms with Crippen molar-refractivity contribution in [2.24, 2.45) is 0 Å². The Morgan fingerprint density at radius 1 is 0.903 bits per heavy atom. The molecule has 0 saturated carbocycles. The Morgan fingerprint density at radius 2 is 1.55 bits per heavy atom. The molecule has 0 bridgehead atoms. The summed E-state index contributed by atoms with van der Waals surface area (Å²) in [7, 11) is 0. The average molecular weight is 497 g/mol. The molecule has 1 N–H and O–H groups in total. The number of fused-ring (bicyclic) bond motifs is 2. The number of benzene rings is 3. The van der Waals surface area contributed by atoms with E-state index in [-0.39, 0.29) is 12.5 Å². The number of hydrogen-bond donors (Lipinski definition) is 1. The molecule has 0 fully saturated rings. The Kier molecular flexibility index (Phi) is 6.39. The molecule has 0 unspecified atom stereocenters. The summed E-state index contributed by atoms with van der Waals surface area (Å²) in [6.45, 7) is -0.763. The Labute approximate surface area is 191 Å². The molecule has 3 aromatic carbocycles. The molecule has 0 atom stereocenters. The van der Waals surface area contributed by atoms with Crippen molar-refractivity contribution in [1.82, 2.24) is 5.32 Å². The zero-order chi connectivity index (χ0) is 21.8. The maximum atomic E-state index is 13.0. The molecule has 31 heavy (non-hydrogen) atoms. The number of nitrogens with zero attached hydrogens (tertiary/aromatic N) is 1. The molecule has 0 saturated heterocycles. The molecular formula is C23H17BrN2O4S. The highest BCUT2D eigenvalue weighted by atomic mass is 79.9. The third kappa shape index (κ3) is 4.81. The van der Waals surface area contributed by atoms with E-state index < -0.39 is 18.5 Å². The number of carbonyl (C=O) groups excluding carboxylic acids is 3. The lowest BCUT2D eigenvalue weighted by atomic mass is 10.2. The number of rotatable bonds is 5. The lowest BCUT2D eigenvalue weighted by Gasteiger charge is -2.30. The number of ether oxygens (including phenoxy) is 1. The number of hydrogen-bond acceptors (Lipinski definition) is 5. The topological polar surface area (TPSA) is 75.7 Å². The van der Waals surface area contributed by atoms with E-state index >= 15 is 0 Å². The minimum atomic E-state index is -0.690. The normalized spacial score (nSPS) is 11.8. The van der Waals surface area contributed by atoms with Gasteiger partial charge in [-0.2, -0.15) is 0 Å². The van der Waals surface area contributed by atoms with Crippen LogP contribution < -0.4 is 10.2 Å². The van der Waals surface area contributed by atoms with E-state index in [9.17, 15) is 14.4 Å². The largest absolute Gasteiger partial charge is 0.454 e. The Bertz CT molecular complexity index is 1120. The van der Waals surface area contributed by atoms with Crippen molar-refractivity contribution in [2.45, 2.75) is 9.79 Å². The third-order valence-corrected chi connectivity index (χ3v) is 6.14. The van der Waals surface area contributed by atoms with Crippen molar-refractivity contribution >= 4 is 56.9 Å². The quantitative estimate of drug-likeness (QED) is 0.524. The van der Waals surface area contributed by atoms with Crippen LogP contribution in [0.15, 0.2) is 87.1 Å². The maximum Gasteiger partial charge on any atom is 0.325 e. The van der Waals surface area contributed by atoms with E-state index in [1.165, 1.54) is 0 Å². The van der Waals surface area contributed by atoms with Gasteiger partial charge in [-0.15, -0.1) is 0 Å². The molecule has 8 heteroatoms. The van der Waals surface area contributed by atoms with E-state index in [0.717, 1.165) is 25.6 Å². The number of para-hydroxylation sites is 2. The zero-order valence-corrected chi connectivity index (χ0v) is 18.6. The van der Waals surface area contributed by atoms with Gasteiger partial charge in [0.15, 0.2) is 6.61 Å². The number of esters is 1. The fourth-order valence-corrected chi connectivity index (χ4v) is 4.57. The summed E-state index contributed by atoms with van der Waals surface area (Å²) in [6, 6.07) is 22.0. The third-order valence-electron chi connectivity index (χ3n) is 4.52. The van der Waals surface area contributed by atoms with Gasteiger partial charge in [0.1, 0.15) is 6.54 Å². The van der Waals surface area contributed by atoms with Crippen molar-refractivity contribution in [2.75, 3.05) is 18.1 Å². The summed E-state index contributed by atoms with van der Waals surface area (Å²) < 4.78 is 5.89. The fourth-order valence-electron chi connectivity index (χ4n) is 3.12. The van der Waals surface area contributed by atoms with Crippen LogP contribution in [0.3, 0.4) is 0 Å². The van der Waals surface area contributed by atoms with Gasteiger partial charge < -0.3 is 10.1 Å². The van der Waals surface area contributed by atoms with Crippen LogP contribution in [-0.4, -0.2) is 30.9 Å². The van der Waals surface area contributed by atoms with Crippen molar-refractivity contribution in [1.29, 1.82) is 0 Å². The van der Waals surface area contributed by atoms with Gasteiger partial charge in [0.25, 0.3) is 11.8 Å². The van der Waals surface area contributed by atoms with Gasteiger partial charge in [-0.1, -0.05) is 58.0 Å². The van der Waals surface area contributed by atoms with Gasteiger partial charge in [0.05, 0.1) is 11.4 Å². The Hall–Kier alpha value is -3.10. The van der Waals surface area contributed by atoms with Crippen molar-refractivity contribution in [3.05, 3.63) is 82.8 Å². The summed E-state index contributed by atoms with van der Waals surface area (Å²) in [5.41, 5.74) is 1.91. The second kappa shape index (κ2) is 9.36. The van der Waals surface area contributed by atoms with Gasteiger partial charge >= 0.3 is 5.97 Å². The molecule has 3 aromatic rings. The number of anilines is 2. The van der Waals surface area contributed by atoms with Gasteiger partial charge in [-0.3, -0.25) is 19.3 Å². The second-order valence-electron chi connectivity index (χ2n) is 6.62. The fraction of sp³-hybridized carbons (Fsp3) is 0.0870. The first-order chi connectivity index (χ1) is 15.0. The minimum Gasteiger partial charge on any atom is -0.454 e. The van der Waals surface area contributed by atoms with Gasteiger partial charge in [0.2, 0.25) is 0 Å². The van der Waals surface area contributed by atoms with Crippen LogP contribution in [0, 0.1) is 0 Å². The monoisotopic (exact) mass is 496 g/mol. The summed E-state index contributed by atoms with van der Waals surface area (Å²) in [5, 5.41) is 2.50. The summed E-state index contributed by atoms with van der Waals surface area (Å²) in [6.07, 6.45) is 0. The summed E-state index contributed by atoms with van der Waals surface area (Å²) >= 11 is 4.88. The standard InChI is InChI=1S/C23H17BrN2O4S/c24-16-7-5-6-15(12-16)23(29)25-13-22(28)30-14-21(27)26-17-8-1-3-10-19(17)31-20-11-4-2-9-18(20)26/h1-12H,13-14H2,(H,25,29). The lowest BCUT2D eigenvalue weighted by Crippen LogP contribution is -2.35. The molecule has 0 aliphatic carbocycles. The predicted octanol–water partition coefficient (Wildman–Crippen LogP) is 4.55. The minimum absolute atomic E-state index is 0.332. The number of carbonyl (C=O) groups is 3. The van der Waals surface area contributed by atoms with Crippen LogP contribution in [0.4, 0.5) is 11.4 Å². The van der Waals surface area contributed by atoms with Crippen LogP contribution in [0.25, 0.3) is 0 Å². The first kappa shape index (κ1) is 21.1. The molecule has 1 aliphatic rings. The molecule has 1 heterocycles. The smallest absolute Gasteiger partial charge is 0.325 e. The van der Waals surface area contributed by atoms with Gasteiger partial charge in [-0.05, 0) is 42.5 Å². The van der Waals surface area contributed by atoms with E-state index in [1.54, 1.807) is 40.9 Å². The van der Waals surface area contributed by atoms with Gasteiger partial charge in [0, 0.05) is 19.8 Å². The summed E-state index contributed by atoms with van der Waals surface area (Å²) in [5.74, 6) is -1.46. The first-order valence-electron chi connectivity index (χ1n) is 9.41. The predicted molar refractivity (Wildman–Crippen MR) is 122 cm³/mol. The van der Waals surface area contributed by atoms with Crippen molar-refractivity contribution < 1.29 is 19.1 Å². The van der Waals surface area contributed by atoms with Gasteiger partial charge in [-0.25, -0.2) is 0 Å². The molecule has 0 spiro atoms. The Balaban J connectivity index is 1.39. The molecule has 4 rings (SSSR count). The molecule has 156 valence electrons. The summed E-state index contributed by atoms with van der Waals surface area (Å²) in [4.78, 5) is 40.7. The van der Waals surface area contributed by atoms with E-state index in [4.69, 9.17) is 4.74 Å². The molecule has 6 nitrogen and oxygen atoms in total. The number of halogens is 1. The second-order valence-corrected chi connectivity index (χ2v) is 8.62. The van der Waals surface area contributed by atoms with Crippen LogP contribution in [0.1, 0.15) is 10.4 Å².